The van der Waals surface area contributed by atoms with Crippen molar-refractivity contribution in [1.82, 2.24) is 4.44 Å². The number of hydrogen-bond acceptors (Lipinski definition) is 3. The van der Waals surface area contributed by atoms with E-state index in [1.54, 1.807) is 0 Å². The fourth-order valence-electron chi connectivity index (χ4n) is 3.02. The van der Waals surface area contributed by atoms with E-state index in [9.17, 15) is 0 Å². The highest BCUT2D eigenvalue weighted by atomic mass is 31.2. The number of rotatable bonds is 5. The van der Waals surface area contributed by atoms with Gasteiger partial charge in [-0.25, -0.2) is 4.44 Å². The molecule has 0 saturated carbocycles. The number of hydrogen-bond donors (Lipinski definition) is 0. The van der Waals surface area contributed by atoms with Crippen LogP contribution in [-0.2, 0) is 9.05 Å². The second-order valence-corrected chi connectivity index (χ2v) is 11.8. The first kappa shape index (κ1) is 19.0. The first-order valence-corrected chi connectivity index (χ1v) is 11.2. The molecule has 0 bridgehead atoms. The van der Waals surface area contributed by atoms with E-state index in [4.69, 9.17) is 9.05 Å². The maximum Gasteiger partial charge on any atom is 0.263 e. The highest BCUT2D eigenvalue weighted by Crippen LogP contribution is 2.67. The maximum absolute atomic E-state index is 6.04. The van der Waals surface area contributed by atoms with Crippen LogP contribution in [0.2, 0.25) is 0 Å². The van der Waals surface area contributed by atoms with Crippen LogP contribution in [0.3, 0.4) is 0 Å². The lowest BCUT2D eigenvalue weighted by atomic mass is 10.1. The fraction of sp³-hybridized carbons (Fsp3) is 0.400. The Morgan fingerprint density at radius 1 is 0.920 bits per heavy atom. The topological polar surface area (TPSA) is 21.7 Å². The highest BCUT2D eigenvalue weighted by Gasteiger charge is 2.42. The van der Waals surface area contributed by atoms with Crippen LogP contribution in [0.25, 0.3) is 0 Å². The van der Waals surface area contributed by atoms with Crippen LogP contribution >= 0.6 is 16.6 Å². The van der Waals surface area contributed by atoms with E-state index in [1.165, 1.54) is 10.9 Å². The van der Waals surface area contributed by atoms with E-state index < -0.39 is 16.6 Å². The molecule has 0 aliphatic carbocycles. The number of nitrogens with zero attached hydrogens (tertiary/aromatic N) is 1. The average molecular weight is 375 g/mol. The third kappa shape index (κ3) is 4.48. The van der Waals surface area contributed by atoms with Crippen molar-refractivity contribution in [2.24, 2.45) is 0 Å². The van der Waals surface area contributed by atoms with Gasteiger partial charge in [0.05, 0.1) is 13.2 Å². The maximum atomic E-state index is 6.04. The Kier molecular flexibility index (Phi) is 6.25. The minimum Gasteiger partial charge on any atom is -0.319 e. The predicted molar refractivity (Wildman–Crippen MR) is 108 cm³/mol. The molecule has 1 aliphatic rings. The van der Waals surface area contributed by atoms with E-state index in [0.29, 0.717) is 13.2 Å². The zero-order chi connectivity index (χ0) is 17.9. The second kappa shape index (κ2) is 8.25. The molecule has 0 amide bonds. The van der Waals surface area contributed by atoms with Crippen LogP contribution in [0.4, 0.5) is 0 Å². The van der Waals surface area contributed by atoms with Crippen LogP contribution in [0.1, 0.15) is 39.3 Å². The summed E-state index contributed by atoms with van der Waals surface area (Å²) in [6.45, 7) is 10.6. The quantitative estimate of drug-likeness (QED) is 0.613. The molecule has 134 valence electrons. The predicted octanol–water partition coefficient (Wildman–Crippen LogP) is 5.84. The minimum absolute atomic E-state index is 0.109. The lowest BCUT2D eigenvalue weighted by Crippen LogP contribution is -2.31. The van der Waals surface area contributed by atoms with Crippen LogP contribution < -0.4 is 5.30 Å². The van der Waals surface area contributed by atoms with Crippen LogP contribution in [0.15, 0.2) is 60.7 Å². The van der Waals surface area contributed by atoms with Gasteiger partial charge in [-0.05, 0) is 22.9 Å². The van der Waals surface area contributed by atoms with Gasteiger partial charge >= 0.3 is 0 Å². The lowest BCUT2D eigenvalue weighted by molar-refractivity contribution is 0.365. The summed E-state index contributed by atoms with van der Waals surface area (Å²) in [7, 11) is -1.66. The molecule has 1 fully saturated rings. The Balaban J connectivity index is 2.04. The Hall–Kier alpha value is -0.820. The molecule has 2 aromatic carbocycles. The summed E-state index contributed by atoms with van der Waals surface area (Å²) in [5.74, 6) is 0. The molecule has 25 heavy (non-hydrogen) atoms. The molecular formula is C20H27NO2P2. The third-order valence-electron chi connectivity index (χ3n) is 4.12. The zero-order valence-corrected chi connectivity index (χ0v) is 17.2. The van der Waals surface area contributed by atoms with E-state index in [0.717, 1.165) is 0 Å². The fourth-order valence-corrected chi connectivity index (χ4v) is 8.78. The Labute approximate surface area is 154 Å². The SMILES string of the molecule is C[C@@H](c1ccccc1)N(P1OCCO1)P(c1ccccc1)C(C)(C)C. The van der Waals surface area contributed by atoms with Gasteiger partial charge in [0.1, 0.15) is 0 Å². The van der Waals surface area contributed by atoms with Crippen molar-refractivity contribution in [2.45, 2.75) is 38.9 Å². The summed E-state index contributed by atoms with van der Waals surface area (Å²) in [5, 5.41) is 1.48. The summed E-state index contributed by atoms with van der Waals surface area (Å²) in [6.07, 6.45) is 0. The molecule has 0 aromatic heterocycles. The van der Waals surface area contributed by atoms with Gasteiger partial charge in [-0.15, -0.1) is 0 Å². The van der Waals surface area contributed by atoms with E-state index in [2.05, 4.69) is 92.8 Å². The van der Waals surface area contributed by atoms with Crippen molar-refractivity contribution in [3.05, 3.63) is 66.2 Å². The monoisotopic (exact) mass is 375 g/mol. The molecule has 0 radical (unpaired) electrons. The largest absolute Gasteiger partial charge is 0.319 e. The molecule has 0 N–H and O–H groups in total. The van der Waals surface area contributed by atoms with Crippen molar-refractivity contribution in [2.75, 3.05) is 13.2 Å². The van der Waals surface area contributed by atoms with E-state index in [1.807, 2.05) is 0 Å². The molecular weight excluding hydrogens is 348 g/mol. The van der Waals surface area contributed by atoms with Gasteiger partial charge in [-0.2, -0.15) is 0 Å². The summed E-state index contributed by atoms with van der Waals surface area (Å²) < 4.78 is 14.6. The third-order valence-corrected chi connectivity index (χ3v) is 9.40. The van der Waals surface area contributed by atoms with Gasteiger partial charge in [0.25, 0.3) is 8.53 Å². The summed E-state index contributed by atoms with van der Waals surface area (Å²) in [5.41, 5.74) is 1.30. The average Bonchev–Trinajstić information content (AvgIpc) is 3.13. The van der Waals surface area contributed by atoms with Gasteiger partial charge < -0.3 is 9.05 Å². The smallest absolute Gasteiger partial charge is 0.263 e. The van der Waals surface area contributed by atoms with Crippen LogP contribution in [-0.4, -0.2) is 22.8 Å². The highest BCUT2D eigenvalue weighted by molar-refractivity contribution is 7.72. The van der Waals surface area contributed by atoms with E-state index >= 15 is 0 Å². The molecule has 1 aliphatic heterocycles. The van der Waals surface area contributed by atoms with Crippen molar-refractivity contribution in [3.63, 3.8) is 0 Å². The van der Waals surface area contributed by atoms with Gasteiger partial charge in [0, 0.05) is 14.1 Å². The molecule has 1 saturated heterocycles. The molecule has 1 unspecified atom stereocenters. The van der Waals surface area contributed by atoms with Crippen molar-refractivity contribution < 1.29 is 9.05 Å². The van der Waals surface area contributed by atoms with Crippen LogP contribution in [0.5, 0.6) is 0 Å². The van der Waals surface area contributed by atoms with Crippen LogP contribution in [0, 0.1) is 0 Å². The molecule has 3 rings (SSSR count). The Bertz CT molecular complexity index is 654. The molecule has 0 spiro atoms. The normalized spacial score (nSPS) is 18.4. The lowest BCUT2D eigenvalue weighted by Gasteiger charge is -2.44. The Morgan fingerprint density at radius 2 is 1.44 bits per heavy atom. The zero-order valence-electron chi connectivity index (χ0n) is 15.4. The van der Waals surface area contributed by atoms with Gasteiger partial charge in [-0.1, -0.05) is 81.4 Å². The molecule has 5 heteroatoms. The first-order valence-electron chi connectivity index (χ1n) is 8.74. The summed E-state index contributed by atoms with van der Waals surface area (Å²) >= 11 is 0. The van der Waals surface area contributed by atoms with Gasteiger partial charge in [-0.3, -0.25) is 0 Å². The standard InChI is InChI=1S/C20H27NO2P2/c1-17(18-11-7-5-8-12-18)21(25-22-15-16-23-25)24(20(2,3)4)19-13-9-6-10-14-19/h5-14,17H,15-16H2,1-4H3/t17-,24?/m0/s1. The summed E-state index contributed by atoms with van der Waals surface area (Å²) in [6, 6.07) is 21.7. The molecule has 2 aromatic rings. The molecule has 1 heterocycles. The number of benzene rings is 2. The summed E-state index contributed by atoms with van der Waals surface area (Å²) in [4.78, 5) is 0. The van der Waals surface area contributed by atoms with E-state index in [-0.39, 0.29) is 11.2 Å². The molecule has 3 nitrogen and oxygen atoms in total. The Morgan fingerprint density at radius 3 is 1.96 bits per heavy atom. The van der Waals surface area contributed by atoms with Crippen molar-refractivity contribution in [3.8, 4) is 0 Å². The molecule has 2 atom stereocenters. The van der Waals surface area contributed by atoms with Crippen molar-refractivity contribution in [1.29, 1.82) is 0 Å². The second-order valence-electron chi connectivity index (χ2n) is 7.13. The minimum atomic E-state index is -1.04. The van der Waals surface area contributed by atoms with Crippen molar-refractivity contribution >= 4 is 21.9 Å². The van der Waals surface area contributed by atoms with Gasteiger partial charge in [0.15, 0.2) is 0 Å². The first-order chi connectivity index (χ1) is 12.0. The van der Waals surface area contributed by atoms with Gasteiger partial charge in [0.2, 0.25) is 0 Å².